The molecule has 0 aliphatic carbocycles. The average Bonchev–Trinajstić information content (AvgIpc) is 2.15. The molecule has 1 aromatic carbocycles. The van der Waals surface area contributed by atoms with Gasteiger partial charge in [-0.25, -0.2) is 4.39 Å². The van der Waals surface area contributed by atoms with Crippen molar-refractivity contribution in [2.45, 2.75) is 19.5 Å². The van der Waals surface area contributed by atoms with E-state index < -0.39 is 17.6 Å². The lowest BCUT2D eigenvalue weighted by molar-refractivity contribution is -0.137. The van der Waals surface area contributed by atoms with Gasteiger partial charge in [0.2, 0.25) is 0 Å². The van der Waals surface area contributed by atoms with Crippen molar-refractivity contribution in [2.24, 2.45) is 0 Å². The van der Waals surface area contributed by atoms with E-state index in [1.54, 1.807) is 6.92 Å². The van der Waals surface area contributed by atoms with Gasteiger partial charge in [0.05, 0.1) is 5.56 Å². The van der Waals surface area contributed by atoms with Crippen molar-refractivity contribution in [3.05, 3.63) is 53.7 Å². The quantitative estimate of drug-likeness (QED) is 0.685. The van der Waals surface area contributed by atoms with Crippen LogP contribution in [0.25, 0.3) is 0 Å². The highest BCUT2D eigenvalue weighted by atomic mass is 19.4. The predicted octanol–water partition coefficient (Wildman–Crippen LogP) is 4.17. The first-order chi connectivity index (χ1) is 7.32. The molecule has 0 heterocycles. The van der Waals surface area contributed by atoms with Gasteiger partial charge in [0.1, 0.15) is 5.82 Å². The zero-order valence-corrected chi connectivity index (χ0v) is 8.74. The molecule has 1 aromatic rings. The van der Waals surface area contributed by atoms with Gasteiger partial charge >= 0.3 is 6.18 Å². The molecular weight excluding hydrogens is 220 g/mol. The van der Waals surface area contributed by atoms with Crippen molar-refractivity contribution in [1.82, 2.24) is 0 Å². The molecule has 0 spiro atoms. The predicted molar refractivity (Wildman–Crippen MR) is 54.2 cm³/mol. The van der Waals surface area contributed by atoms with Crippen molar-refractivity contribution >= 4 is 0 Å². The molecule has 0 unspecified atom stereocenters. The summed E-state index contributed by atoms with van der Waals surface area (Å²) in [5.74, 6) is -0.0830. The number of allylic oxidation sites excluding steroid dienone is 1. The van der Waals surface area contributed by atoms with Gasteiger partial charge in [-0.05, 0) is 36.1 Å². The molecular formula is C12H11F4. The molecule has 0 atom stereocenters. The van der Waals surface area contributed by atoms with Crippen molar-refractivity contribution in [2.75, 3.05) is 0 Å². The van der Waals surface area contributed by atoms with E-state index >= 15 is 0 Å². The summed E-state index contributed by atoms with van der Waals surface area (Å²) >= 11 is 0. The SMILES string of the molecule is C=C[C](C)Cc1cc(F)cc(C(F)(F)F)c1. The first kappa shape index (κ1) is 12.7. The summed E-state index contributed by atoms with van der Waals surface area (Å²) in [7, 11) is 0. The molecule has 1 radical (unpaired) electrons. The third kappa shape index (κ3) is 3.36. The molecule has 0 aromatic heterocycles. The Morgan fingerprint density at radius 1 is 1.31 bits per heavy atom. The minimum absolute atomic E-state index is 0.268. The van der Waals surface area contributed by atoms with E-state index in [0.29, 0.717) is 11.6 Å². The fourth-order valence-electron chi connectivity index (χ4n) is 1.31. The van der Waals surface area contributed by atoms with Crippen molar-refractivity contribution < 1.29 is 17.6 Å². The van der Waals surface area contributed by atoms with Crippen LogP contribution in [0.4, 0.5) is 17.6 Å². The highest BCUT2D eigenvalue weighted by molar-refractivity contribution is 5.29. The molecule has 0 aliphatic rings. The number of halogens is 4. The topological polar surface area (TPSA) is 0 Å². The van der Waals surface area contributed by atoms with Gasteiger partial charge in [-0.15, -0.1) is 6.58 Å². The maximum absolute atomic E-state index is 13.0. The third-order valence-electron chi connectivity index (χ3n) is 2.12. The lowest BCUT2D eigenvalue weighted by Gasteiger charge is -2.10. The minimum atomic E-state index is -4.51. The van der Waals surface area contributed by atoms with Gasteiger partial charge in [-0.3, -0.25) is 0 Å². The summed E-state index contributed by atoms with van der Waals surface area (Å²) in [6.45, 7) is 5.22. The molecule has 0 saturated heterocycles. The van der Waals surface area contributed by atoms with E-state index in [2.05, 4.69) is 6.58 Å². The molecule has 0 saturated carbocycles. The van der Waals surface area contributed by atoms with Crippen LogP contribution in [0.15, 0.2) is 30.9 Å². The summed E-state index contributed by atoms with van der Waals surface area (Å²) in [5.41, 5.74) is -0.663. The Morgan fingerprint density at radius 3 is 2.44 bits per heavy atom. The van der Waals surface area contributed by atoms with Crippen LogP contribution < -0.4 is 0 Å². The summed E-state index contributed by atoms with van der Waals surface area (Å²) in [5, 5.41) is 0. The molecule has 1 rings (SSSR count). The van der Waals surface area contributed by atoms with E-state index in [-0.39, 0.29) is 6.42 Å². The van der Waals surface area contributed by atoms with Crippen LogP contribution in [0.1, 0.15) is 18.1 Å². The molecule has 4 heteroatoms. The van der Waals surface area contributed by atoms with Crippen LogP contribution in [0.5, 0.6) is 0 Å². The molecule has 0 amide bonds. The van der Waals surface area contributed by atoms with Crippen LogP contribution in [0, 0.1) is 11.7 Å². The van der Waals surface area contributed by atoms with Gasteiger partial charge in [0.25, 0.3) is 0 Å². The van der Waals surface area contributed by atoms with Gasteiger partial charge in [-0.1, -0.05) is 13.0 Å². The van der Waals surface area contributed by atoms with Gasteiger partial charge in [-0.2, -0.15) is 13.2 Å². The normalized spacial score (nSPS) is 11.9. The minimum Gasteiger partial charge on any atom is -0.207 e. The Balaban J connectivity index is 3.03. The largest absolute Gasteiger partial charge is 0.416 e. The molecule has 87 valence electrons. The van der Waals surface area contributed by atoms with E-state index in [0.717, 1.165) is 18.1 Å². The summed E-state index contributed by atoms with van der Waals surface area (Å²) in [6.07, 6.45) is -2.71. The first-order valence-electron chi connectivity index (χ1n) is 4.64. The average molecular weight is 231 g/mol. The fourth-order valence-corrected chi connectivity index (χ4v) is 1.31. The maximum Gasteiger partial charge on any atom is 0.416 e. The van der Waals surface area contributed by atoms with Crippen LogP contribution in [-0.2, 0) is 12.6 Å². The summed E-state index contributed by atoms with van der Waals surface area (Å²) in [4.78, 5) is 0. The maximum atomic E-state index is 13.0. The smallest absolute Gasteiger partial charge is 0.207 e. The Labute approximate surface area is 91.6 Å². The molecule has 0 N–H and O–H groups in total. The van der Waals surface area contributed by atoms with Crippen molar-refractivity contribution in [1.29, 1.82) is 0 Å². The van der Waals surface area contributed by atoms with Gasteiger partial charge < -0.3 is 0 Å². The first-order valence-corrected chi connectivity index (χ1v) is 4.64. The van der Waals surface area contributed by atoms with Gasteiger partial charge in [0.15, 0.2) is 0 Å². The number of rotatable bonds is 3. The Hall–Kier alpha value is -1.32. The lowest BCUT2D eigenvalue weighted by atomic mass is 9.99. The van der Waals surface area contributed by atoms with E-state index in [1.165, 1.54) is 6.08 Å². The van der Waals surface area contributed by atoms with Gasteiger partial charge in [0, 0.05) is 0 Å². The zero-order valence-electron chi connectivity index (χ0n) is 8.74. The van der Waals surface area contributed by atoms with Crippen molar-refractivity contribution in [3.8, 4) is 0 Å². The van der Waals surface area contributed by atoms with E-state index in [1.807, 2.05) is 0 Å². The second-order valence-corrected chi connectivity index (χ2v) is 3.57. The highest BCUT2D eigenvalue weighted by Crippen LogP contribution is 2.31. The lowest BCUT2D eigenvalue weighted by Crippen LogP contribution is -2.07. The summed E-state index contributed by atoms with van der Waals surface area (Å²) < 4.78 is 50.1. The number of hydrogen-bond acceptors (Lipinski definition) is 0. The number of benzene rings is 1. The fraction of sp³-hybridized carbons (Fsp3) is 0.250. The second kappa shape index (κ2) is 4.68. The standard InChI is InChI=1S/C12H11F4/c1-3-8(2)4-9-5-10(12(14,15)16)7-11(13)6-9/h3,5-7H,1,4H2,2H3. The van der Waals surface area contributed by atoms with Crippen molar-refractivity contribution in [3.63, 3.8) is 0 Å². The number of alkyl halides is 3. The molecule has 16 heavy (non-hydrogen) atoms. The second-order valence-electron chi connectivity index (χ2n) is 3.57. The van der Waals surface area contributed by atoms with E-state index in [9.17, 15) is 17.6 Å². The molecule has 0 fully saturated rings. The third-order valence-corrected chi connectivity index (χ3v) is 2.12. The molecule has 0 bridgehead atoms. The van der Waals surface area contributed by atoms with E-state index in [4.69, 9.17) is 0 Å². The monoisotopic (exact) mass is 231 g/mol. The molecule has 0 aliphatic heterocycles. The van der Waals surface area contributed by atoms with Crippen LogP contribution in [-0.4, -0.2) is 0 Å². The Morgan fingerprint density at radius 2 is 1.94 bits per heavy atom. The van der Waals surface area contributed by atoms with Crippen LogP contribution in [0.3, 0.4) is 0 Å². The summed E-state index contributed by atoms with van der Waals surface area (Å²) in [6, 6.07) is 2.55. The molecule has 0 nitrogen and oxygen atoms in total. The highest BCUT2D eigenvalue weighted by Gasteiger charge is 2.31. The van der Waals surface area contributed by atoms with Crippen LogP contribution in [0.2, 0.25) is 0 Å². The zero-order chi connectivity index (χ0) is 12.3. The Kier molecular flexibility index (Phi) is 3.73. The Bertz CT molecular complexity index is 379. The van der Waals surface area contributed by atoms with Crippen LogP contribution >= 0.6 is 0 Å². The number of hydrogen-bond donors (Lipinski definition) is 0.